The highest BCUT2D eigenvalue weighted by Gasteiger charge is 2.28. The molecule has 5 nitrogen and oxygen atoms in total. The summed E-state index contributed by atoms with van der Waals surface area (Å²) < 4.78 is 0. The number of nitrogens with one attached hydrogen (secondary N) is 1. The Morgan fingerprint density at radius 2 is 1.67 bits per heavy atom. The number of hydrogen-bond donors (Lipinski definition) is 1. The molecule has 0 aliphatic carbocycles. The summed E-state index contributed by atoms with van der Waals surface area (Å²) in [6.45, 7) is 1.22. The molecule has 0 saturated carbocycles. The molecule has 1 aliphatic rings. The van der Waals surface area contributed by atoms with E-state index in [1.54, 1.807) is 23.9 Å². The van der Waals surface area contributed by atoms with Crippen LogP contribution in [0.25, 0.3) is 11.1 Å². The van der Waals surface area contributed by atoms with Crippen molar-refractivity contribution in [3.8, 4) is 11.1 Å². The number of benzene rings is 2. The molecule has 3 rings (SSSR count). The van der Waals surface area contributed by atoms with Gasteiger partial charge in [0, 0.05) is 43.8 Å². The second-order valence-electron chi connectivity index (χ2n) is 7.02. The Bertz CT molecular complexity index is 830. The summed E-state index contributed by atoms with van der Waals surface area (Å²) in [7, 11) is 3.49. The molecule has 0 spiro atoms. The first-order valence-corrected chi connectivity index (χ1v) is 9.45. The molecule has 0 aromatic heterocycles. The van der Waals surface area contributed by atoms with Crippen molar-refractivity contribution in [3.05, 3.63) is 53.6 Å². The molecule has 142 valence electrons. The summed E-state index contributed by atoms with van der Waals surface area (Å²) in [6.07, 6.45) is 1.36. The van der Waals surface area contributed by atoms with Crippen molar-refractivity contribution in [2.75, 3.05) is 32.5 Å². The van der Waals surface area contributed by atoms with Gasteiger partial charge in [-0.3, -0.25) is 4.79 Å². The average molecular weight is 386 g/mol. The zero-order valence-electron chi connectivity index (χ0n) is 15.6. The predicted octanol–water partition coefficient (Wildman–Crippen LogP) is 4.34. The molecular formula is C21H24ClN3O2. The van der Waals surface area contributed by atoms with Gasteiger partial charge in [-0.05, 0) is 48.2 Å². The van der Waals surface area contributed by atoms with Crippen LogP contribution in [0, 0.1) is 5.92 Å². The maximum Gasteiger partial charge on any atom is 0.319 e. The second-order valence-corrected chi connectivity index (χ2v) is 7.46. The van der Waals surface area contributed by atoms with Crippen LogP contribution in [0.5, 0.6) is 0 Å². The number of carbonyl (C=O) groups is 2. The van der Waals surface area contributed by atoms with Crippen molar-refractivity contribution < 1.29 is 9.59 Å². The first-order chi connectivity index (χ1) is 12.9. The molecule has 27 heavy (non-hydrogen) atoms. The van der Waals surface area contributed by atoms with Crippen LogP contribution in [0.4, 0.5) is 10.5 Å². The lowest BCUT2D eigenvalue weighted by molar-refractivity contribution is -0.121. The summed E-state index contributed by atoms with van der Waals surface area (Å²) in [5, 5.41) is 3.70. The monoisotopic (exact) mass is 385 g/mol. The first kappa shape index (κ1) is 19.2. The highest BCUT2D eigenvalue weighted by atomic mass is 35.5. The number of rotatable bonds is 3. The third kappa shape index (κ3) is 4.80. The molecule has 1 N–H and O–H groups in total. The predicted molar refractivity (Wildman–Crippen MR) is 109 cm³/mol. The summed E-state index contributed by atoms with van der Waals surface area (Å²) >= 11 is 6.07. The van der Waals surface area contributed by atoms with Crippen LogP contribution in [-0.4, -0.2) is 48.9 Å². The molecule has 2 aromatic carbocycles. The largest absolute Gasteiger partial charge is 0.331 e. The molecular weight excluding hydrogens is 362 g/mol. The van der Waals surface area contributed by atoms with E-state index in [0.717, 1.165) is 16.8 Å². The summed E-state index contributed by atoms with van der Waals surface area (Å²) in [6, 6.07) is 15.4. The topological polar surface area (TPSA) is 52.7 Å². The lowest BCUT2D eigenvalue weighted by Gasteiger charge is -2.33. The van der Waals surface area contributed by atoms with Crippen LogP contribution >= 0.6 is 11.6 Å². The van der Waals surface area contributed by atoms with Gasteiger partial charge >= 0.3 is 6.03 Å². The Hall–Kier alpha value is -2.53. The van der Waals surface area contributed by atoms with Gasteiger partial charge in [0.05, 0.1) is 0 Å². The molecule has 1 saturated heterocycles. The van der Waals surface area contributed by atoms with Crippen LogP contribution < -0.4 is 5.32 Å². The van der Waals surface area contributed by atoms with E-state index >= 15 is 0 Å². The lowest BCUT2D eigenvalue weighted by Crippen LogP contribution is -2.45. The van der Waals surface area contributed by atoms with Crippen molar-refractivity contribution in [1.29, 1.82) is 0 Å². The normalized spacial score (nSPS) is 14.7. The minimum absolute atomic E-state index is 0.00285. The van der Waals surface area contributed by atoms with Crippen molar-refractivity contribution in [2.24, 2.45) is 5.92 Å². The highest BCUT2D eigenvalue weighted by Crippen LogP contribution is 2.26. The Morgan fingerprint density at radius 1 is 1.04 bits per heavy atom. The number of carbonyl (C=O) groups excluding carboxylic acids is 2. The third-order valence-electron chi connectivity index (χ3n) is 4.81. The SMILES string of the molecule is CN(C)C(=O)N1CCC(C(=O)Nc2cccc(-c3cccc(Cl)c3)c2)CC1. The van der Waals surface area contributed by atoms with E-state index in [9.17, 15) is 9.59 Å². The van der Waals surface area contributed by atoms with E-state index in [2.05, 4.69) is 5.32 Å². The Labute approximate surface area is 164 Å². The van der Waals surface area contributed by atoms with Gasteiger partial charge in [0.1, 0.15) is 0 Å². The van der Waals surface area contributed by atoms with E-state index in [1.165, 1.54) is 0 Å². The van der Waals surface area contributed by atoms with Crippen molar-refractivity contribution in [3.63, 3.8) is 0 Å². The summed E-state index contributed by atoms with van der Waals surface area (Å²) in [4.78, 5) is 28.0. The first-order valence-electron chi connectivity index (χ1n) is 9.07. The number of piperidine rings is 1. The van der Waals surface area contributed by atoms with Crippen molar-refractivity contribution >= 4 is 29.2 Å². The van der Waals surface area contributed by atoms with Crippen molar-refractivity contribution in [2.45, 2.75) is 12.8 Å². The quantitative estimate of drug-likeness (QED) is 0.854. The van der Waals surface area contributed by atoms with Crippen molar-refractivity contribution in [1.82, 2.24) is 9.80 Å². The zero-order valence-corrected chi connectivity index (χ0v) is 16.4. The van der Waals surface area contributed by atoms with Crippen LogP contribution in [0.3, 0.4) is 0 Å². The maximum absolute atomic E-state index is 12.6. The minimum Gasteiger partial charge on any atom is -0.331 e. The molecule has 1 aliphatic heterocycles. The zero-order chi connectivity index (χ0) is 19.4. The third-order valence-corrected chi connectivity index (χ3v) is 5.04. The molecule has 2 aromatic rings. The number of halogens is 1. The molecule has 0 atom stereocenters. The number of nitrogens with zero attached hydrogens (tertiary/aromatic N) is 2. The van der Waals surface area contributed by atoms with Crippen LogP contribution in [0.2, 0.25) is 5.02 Å². The summed E-state index contributed by atoms with van der Waals surface area (Å²) in [5.41, 5.74) is 2.78. The van der Waals surface area contributed by atoms with Gasteiger partial charge in [0.15, 0.2) is 0 Å². The fourth-order valence-corrected chi connectivity index (χ4v) is 3.49. The van der Waals surface area contributed by atoms with Gasteiger partial charge in [0.25, 0.3) is 0 Å². The molecule has 0 unspecified atom stereocenters. The Morgan fingerprint density at radius 3 is 2.30 bits per heavy atom. The standard InChI is InChI=1S/C21H24ClN3O2/c1-24(2)21(27)25-11-9-15(10-12-25)20(26)23-19-8-4-6-17(14-19)16-5-3-7-18(22)13-16/h3-8,13-15H,9-12H2,1-2H3,(H,23,26). The number of amides is 3. The maximum atomic E-state index is 12.6. The fourth-order valence-electron chi connectivity index (χ4n) is 3.30. The number of urea groups is 1. The van der Waals surface area contributed by atoms with Crippen LogP contribution in [-0.2, 0) is 4.79 Å². The van der Waals surface area contributed by atoms with E-state index in [0.29, 0.717) is 31.0 Å². The second kappa shape index (κ2) is 8.44. The van der Waals surface area contributed by atoms with Crippen LogP contribution in [0.15, 0.2) is 48.5 Å². The molecule has 0 radical (unpaired) electrons. The lowest BCUT2D eigenvalue weighted by atomic mass is 9.96. The number of anilines is 1. The Kier molecular flexibility index (Phi) is 6.01. The van der Waals surface area contributed by atoms with Gasteiger partial charge in [-0.25, -0.2) is 4.79 Å². The summed E-state index contributed by atoms with van der Waals surface area (Å²) in [5.74, 6) is -0.0683. The molecule has 3 amide bonds. The van der Waals surface area contributed by atoms with Gasteiger partial charge < -0.3 is 15.1 Å². The Balaban J connectivity index is 1.62. The molecule has 0 bridgehead atoms. The molecule has 1 fully saturated rings. The van der Waals surface area contributed by atoms with Gasteiger partial charge in [-0.2, -0.15) is 0 Å². The smallest absolute Gasteiger partial charge is 0.319 e. The average Bonchev–Trinajstić information content (AvgIpc) is 2.67. The van der Waals surface area contributed by atoms with E-state index in [1.807, 2.05) is 48.5 Å². The van der Waals surface area contributed by atoms with Gasteiger partial charge in [-0.15, -0.1) is 0 Å². The van der Waals surface area contributed by atoms with Gasteiger partial charge in [-0.1, -0.05) is 35.9 Å². The van der Waals surface area contributed by atoms with Crippen LogP contribution in [0.1, 0.15) is 12.8 Å². The van der Waals surface area contributed by atoms with Gasteiger partial charge in [0.2, 0.25) is 5.91 Å². The highest BCUT2D eigenvalue weighted by molar-refractivity contribution is 6.30. The molecule has 6 heteroatoms. The minimum atomic E-state index is -0.0777. The molecule has 1 heterocycles. The van der Waals surface area contributed by atoms with E-state index in [4.69, 9.17) is 11.6 Å². The van der Waals surface area contributed by atoms with E-state index < -0.39 is 0 Å². The number of hydrogen-bond acceptors (Lipinski definition) is 2. The number of likely N-dealkylation sites (tertiary alicyclic amines) is 1. The fraction of sp³-hybridized carbons (Fsp3) is 0.333. The van der Waals surface area contributed by atoms with E-state index in [-0.39, 0.29) is 17.9 Å².